The molecule has 24 heavy (non-hydrogen) atoms. The third-order valence-electron chi connectivity index (χ3n) is 3.88. The molecule has 0 spiro atoms. The van der Waals surface area contributed by atoms with Crippen LogP contribution in [0.4, 0.5) is 5.69 Å². The summed E-state index contributed by atoms with van der Waals surface area (Å²) in [5.74, 6) is -0.379. The van der Waals surface area contributed by atoms with Gasteiger partial charge in [-0.05, 0) is 36.2 Å². The molecular weight excluding hydrogens is 364 g/mol. The number of anilines is 1. The first-order valence-corrected chi connectivity index (χ1v) is 8.48. The molecule has 0 aliphatic rings. The van der Waals surface area contributed by atoms with Crippen molar-refractivity contribution in [3.05, 3.63) is 83.5 Å². The van der Waals surface area contributed by atoms with Crippen LogP contribution in [-0.4, -0.2) is 10.9 Å². The van der Waals surface area contributed by atoms with E-state index < -0.39 is 0 Å². The second kappa shape index (κ2) is 7.41. The van der Waals surface area contributed by atoms with E-state index in [0.29, 0.717) is 6.42 Å². The molecule has 0 fully saturated rings. The van der Waals surface area contributed by atoms with Crippen molar-refractivity contribution in [1.82, 2.24) is 4.98 Å². The molecule has 3 nitrogen and oxygen atoms in total. The lowest BCUT2D eigenvalue weighted by Gasteiger charge is -2.14. The molecule has 1 amide bonds. The van der Waals surface area contributed by atoms with Crippen LogP contribution in [0.3, 0.4) is 0 Å². The number of carbonyl (C=O) groups is 1. The lowest BCUT2D eigenvalue weighted by atomic mass is 9.98. The average molecular weight is 381 g/mol. The minimum atomic E-state index is -0.301. The van der Waals surface area contributed by atoms with Crippen molar-refractivity contribution in [3.63, 3.8) is 0 Å². The second-order valence-corrected chi connectivity index (χ2v) is 6.46. The van der Waals surface area contributed by atoms with Gasteiger partial charge in [0.1, 0.15) is 0 Å². The number of rotatable bonds is 5. The van der Waals surface area contributed by atoms with Crippen LogP contribution in [0.2, 0.25) is 0 Å². The number of benzene rings is 2. The van der Waals surface area contributed by atoms with Gasteiger partial charge in [-0.2, -0.15) is 0 Å². The van der Waals surface area contributed by atoms with Gasteiger partial charge in [-0.25, -0.2) is 0 Å². The van der Waals surface area contributed by atoms with E-state index >= 15 is 0 Å². The fourth-order valence-electron chi connectivity index (χ4n) is 2.59. The van der Waals surface area contributed by atoms with Crippen molar-refractivity contribution in [3.8, 4) is 0 Å². The van der Waals surface area contributed by atoms with Gasteiger partial charge in [0.15, 0.2) is 0 Å². The van der Waals surface area contributed by atoms with E-state index in [4.69, 9.17) is 0 Å². The largest absolute Gasteiger partial charge is 0.324 e. The Bertz CT molecular complexity index is 869. The van der Waals surface area contributed by atoms with Crippen molar-refractivity contribution in [2.45, 2.75) is 6.42 Å². The topological polar surface area (TPSA) is 42.0 Å². The summed E-state index contributed by atoms with van der Waals surface area (Å²) in [5.41, 5.74) is 2.61. The highest BCUT2D eigenvalue weighted by molar-refractivity contribution is 9.10. The predicted molar refractivity (Wildman–Crippen MR) is 102 cm³/mol. The Labute approximate surface area is 149 Å². The van der Waals surface area contributed by atoms with E-state index in [1.54, 1.807) is 12.3 Å². The van der Waals surface area contributed by atoms with Gasteiger partial charge in [-0.3, -0.25) is 9.78 Å². The Morgan fingerprint density at radius 3 is 2.67 bits per heavy atom. The summed E-state index contributed by atoms with van der Waals surface area (Å²) in [6, 6.07) is 17.6. The molecule has 0 saturated heterocycles. The summed E-state index contributed by atoms with van der Waals surface area (Å²) in [6.07, 6.45) is 4.03. The average Bonchev–Trinajstić information content (AvgIpc) is 2.61. The quantitative estimate of drug-likeness (QED) is 0.634. The highest BCUT2D eigenvalue weighted by Crippen LogP contribution is 2.22. The van der Waals surface area contributed by atoms with Crippen molar-refractivity contribution >= 4 is 38.4 Å². The van der Waals surface area contributed by atoms with E-state index in [2.05, 4.69) is 32.8 Å². The number of nitrogens with one attached hydrogen (secondary N) is 1. The number of hydrogen-bond donors (Lipinski definition) is 1. The van der Waals surface area contributed by atoms with Gasteiger partial charge in [-0.1, -0.05) is 52.3 Å². The molecule has 0 saturated carbocycles. The van der Waals surface area contributed by atoms with Gasteiger partial charge in [0, 0.05) is 16.1 Å². The number of carbonyl (C=O) groups excluding carboxylic acids is 1. The van der Waals surface area contributed by atoms with Crippen molar-refractivity contribution < 1.29 is 4.79 Å². The maximum Gasteiger partial charge on any atom is 0.231 e. The first-order chi connectivity index (χ1) is 11.7. The van der Waals surface area contributed by atoms with Crippen molar-refractivity contribution in [1.29, 1.82) is 0 Å². The molecule has 1 unspecified atom stereocenters. The summed E-state index contributed by atoms with van der Waals surface area (Å²) >= 11 is 3.42. The van der Waals surface area contributed by atoms with E-state index in [-0.39, 0.29) is 11.8 Å². The molecule has 0 bridgehead atoms. The number of amides is 1. The minimum absolute atomic E-state index is 0.0777. The number of pyridine rings is 1. The SMILES string of the molecule is C=CC(Cc1ccc(Br)cc1)C(=O)Nc1cccc2cccnc12. The summed E-state index contributed by atoms with van der Waals surface area (Å²) in [4.78, 5) is 17.0. The summed E-state index contributed by atoms with van der Waals surface area (Å²) in [5, 5.41) is 3.98. The zero-order valence-electron chi connectivity index (χ0n) is 13.1. The summed E-state index contributed by atoms with van der Waals surface area (Å²) in [6.45, 7) is 3.81. The van der Waals surface area contributed by atoms with Crippen LogP contribution in [0.1, 0.15) is 5.56 Å². The zero-order chi connectivity index (χ0) is 16.9. The van der Waals surface area contributed by atoms with Crippen LogP contribution in [-0.2, 0) is 11.2 Å². The van der Waals surface area contributed by atoms with Crippen LogP contribution < -0.4 is 5.32 Å². The number of para-hydroxylation sites is 1. The third-order valence-corrected chi connectivity index (χ3v) is 4.41. The highest BCUT2D eigenvalue weighted by Gasteiger charge is 2.17. The van der Waals surface area contributed by atoms with Crippen LogP contribution in [0, 0.1) is 5.92 Å². The monoisotopic (exact) mass is 380 g/mol. The third kappa shape index (κ3) is 3.71. The minimum Gasteiger partial charge on any atom is -0.324 e. The maximum atomic E-state index is 12.6. The zero-order valence-corrected chi connectivity index (χ0v) is 14.7. The normalized spacial score (nSPS) is 11.9. The maximum absolute atomic E-state index is 12.6. The van der Waals surface area contributed by atoms with E-state index in [9.17, 15) is 4.79 Å². The molecule has 0 aliphatic carbocycles. The summed E-state index contributed by atoms with van der Waals surface area (Å²) in [7, 11) is 0. The van der Waals surface area contributed by atoms with Gasteiger partial charge in [0.05, 0.1) is 17.1 Å². The number of nitrogens with zero attached hydrogens (tertiary/aromatic N) is 1. The van der Waals surface area contributed by atoms with E-state index in [1.807, 2.05) is 54.6 Å². The lowest BCUT2D eigenvalue weighted by Crippen LogP contribution is -2.23. The number of fused-ring (bicyclic) bond motifs is 1. The Hall–Kier alpha value is -2.46. The first-order valence-electron chi connectivity index (χ1n) is 7.69. The Morgan fingerprint density at radius 1 is 1.17 bits per heavy atom. The fraction of sp³-hybridized carbons (Fsp3) is 0.100. The standard InChI is InChI=1S/C20H17BrN2O/c1-2-15(13-14-8-10-17(21)11-9-14)20(24)23-18-7-3-5-16-6-4-12-22-19(16)18/h2-12,15H,1,13H2,(H,23,24). The molecule has 1 aromatic heterocycles. The van der Waals surface area contributed by atoms with Crippen LogP contribution in [0.5, 0.6) is 0 Å². The molecule has 2 aromatic carbocycles. The molecule has 1 N–H and O–H groups in total. The molecule has 3 aromatic rings. The molecule has 0 aliphatic heterocycles. The Balaban J connectivity index is 1.79. The smallest absolute Gasteiger partial charge is 0.231 e. The Kier molecular flexibility index (Phi) is 5.06. The molecule has 1 heterocycles. The molecule has 4 heteroatoms. The van der Waals surface area contributed by atoms with E-state index in [1.165, 1.54) is 0 Å². The van der Waals surface area contributed by atoms with Crippen molar-refractivity contribution in [2.75, 3.05) is 5.32 Å². The molecule has 120 valence electrons. The van der Waals surface area contributed by atoms with Gasteiger partial charge in [-0.15, -0.1) is 6.58 Å². The molecule has 0 radical (unpaired) electrons. The Morgan fingerprint density at radius 2 is 1.92 bits per heavy atom. The van der Waals surface area contributed by atoms with Gasteiger partial charge in [0.2, 0.25) is 5.91 Å². The number of aromatic nitrogens is 1. The molecule has 3 rings (SSSR count). The number of hydrogen-bond acceptors (Lipinski definition) is 2. The summed E-state index contributed by atoms with van der Waals surface area (Å²) < 4.78 is 1.02. The molecule has 1 atom stereocenters. The van der Waals surface area contributed by atoms with Crippen LogP contribution >= 0.6 is 15.9 Å². The number of halogens is 1. The molecular formula is C20H17BrN2O. The first kappa shape index (κ1) is 16.4. The van der Waals surface area contributed by atoms with Gasteiger partial charge < -0.3 is 5.32 Å². The highest BCUT2D eigenvalue weighted by atomic mass is 79.9. The fourth-order valence-corrected chi connectivity index (χ4v) is 2.85. The van der Waals surface area contributed by atoms with Crippen LogP contribution in [0.25, 0.3) is 10.9 Å². The van der Waals surface area contributed by atoms with Crippen molar-refractivity contribution in [2.24, 2.45) is 5.92 Å². The predicted octanol–water partition coefficient (Wildman–Crippen LogP) is 4.98. The van der Waals surface area contributed by atoms with Crippen LogP contribution in [0.15, 0.2) is 77.9 Å². The van der Waals surface area contributed by atoms with Gasteiger partial charge in [0.25, 0.3) is 0 Å². The van der Waals surface area contributed by atoms with Gasteiger partial charge >= 0.3 is 0 Å². The van der Waals surface area contributed by atoms with E-state index in [0.717, 1.165) is 26.6 Å². The lowest BCUT2D eigenvalue weighted by molar-refractivity contribution is -0.118. The second-order valence-electron chi connectivity index (χ2n) is 5.54.